The van der Waals surface area contributed by atoms with E-state index in [1.54, 1.807) is 12.3 Å². The van der Waals surface area contributed by atoms with E-state index in [-0.39, 0.29) is 18.1 Å². The van der Waals surface area contributed by atoms with Gasteiger partial charge in [-0.1, -0.05) is 12.1 Å². The molecule has 2 aromatic carbocycles. The van der Waals surface area contributed by atoms with Crippen molar-refractivity contribution in [2.24, 2.45) is 5.92 Å². The third kappa shape index (κ3) is 4.11. The Hall–Kier alpha value is -2.66. The predicted molar refractivity (Wildman–Crippen MR) is 99.4 cm³/mol. The van der Waals surface area contributed by atoms with Crippen molar-refractivity contribution in [2.75, 3.05) is 11.9 Å². The highest BCUT2D eigenvalue weighted by molar-refractivity contribution is 5.95. The number of ether oxygens (including phenoxy) is 1. The molecule has 5 heteroatoms. The Balaban J connectivity index is 1.38. The first-order valence-corrected chi connectivity index (χ1v) is 8.89. The lowest BCUT2D eigenvalue weighted by Gasteiger charge is -2.08. The number of H-pyrrole nitrogens is 1. The second kappa shape index (κ2) is 7.30. The van der Waals surface area contributed by atoms with Crippen molar-refractivity contribution in [3.63, 3.8) is 0 Å². The van der Waals surface area contributed by atoms with E-state index in [4.69, 9.17) is 4.74 Å². The standard InChI is InChI=1S/C21H21FN2O2/c22-17-6-7-20-19(10-17)16(11-23-20)9-21(25)24-18-3-1-2-15(8-18)13-26-12-14-4-5-14/h1-3,6-8,10-11,14,23H,4-5,9,12-13H2,(H,24,25). The van der Waals surface area contributed by atoms with Crippen molar-refractivity contribution >= 4 is 22.5 Å². The number of benzene rings is 2. The summed E-state index contributed by atoms with van der Waals surface area (Å²) in [5, 5.41) is 3.65. The first-order valence-electron chi connectivity index (χ1n) is 8.89. The number of fused-ring (bicyclic) bond motifs is 1. The lowest BCUT2D eigenvalue weighted by atomic mass is 10.1. The fourth-order valence-electron chi connectivity index (χ4n) is 3.04. The van der Waals surface area contributed by atoms with Gasteiger partial charge < -0.3 is 15.0 Å². The average Bonchev–Trinajstić information content (AvgIpc) is 3.37. The van der Waals surface area contributed by atoms with Gasteiger partial charge >= 0.3 is 0 Å². The molecule has 1 saturated carbocycles. The van der Waals surface area contributed by atoms with Gasteiger partial charge in [-0.05, 0) is 60.2 Å². The summed E-state index contributed by atoms with van der Waals surface area (Å²) in [6.07, 6.45) is 4.49. The normalized spacial score (nSPS) is 13.9. The highest BCUT2D eigenvalue weighted by Gasteiger charge is 2.21. The van der Waals surface area contributed by atoms with Crippen LogP contribution in [0.25, 0.3) is 10.9 Å². The average molecular weight is 352 g/mol. The number of rotatable bonds is 7. The van der Waals surface area contributed by atoms with E-state index in [0.717, 1.165) is 40.2 Å². The highest BCUT2D eigenvalue weighted by atomic mass is 19.1. The molecule has 0 saturated heterocycles. The number of halogens is 1. The van der Waals surface area contributed by atoms with Crippen molar-refractivity contribution in [3.8, 4) is 0 Å². The second-order valence-electron chi connectivity index (χ2n) is 6.89. The number of carbonyl (C=O) groups excluding carboxylic acids is 1. The van der Waals surface area contributed by atoms with E-state index < -0.39 is 0 Å². The summed E-state index contributed by atoms with van der Waals surface area (Å²) < 4.78 is 19.1. The van der Waals surface area contributed by atoms with E-state index in [1.165, 1.54) is 25.0 Å². The van der Waals surface area contributed by atoms with Crippen LogP contribution in [-0.4, -0.2) is 17.5 Å². The summed E-state index contributed by atoms with van der Waals surface area (Å²) in [6.45, 7) is 1.37. The number of anilines is 1. The molecule has 3 aromatic rings. The third-order valence-corrected chi connectivity index (χ3v) is 4.61. The molecule has 134 valence electrons. The molecule has 1 fully saturated rings. The third-order valence-electron chi connectivity index (χ3n) is 4.61. The van der Waals surface area contributed by atoms with Crippen LogP contribution in [0.15, 0.2) is 48.7 Å². The van der Waals surface area contributed by atoms with Crippen LogP contribution in [-0.2, 0) is 22.6 Å². The molecule has 0 unspecified atom stereocenters. The van der Waals surface area contributed by atoms with Crippen LogP contribution >= 0.6 is 0 Å². The van der Waals surface area contributed by atoms with E-state index in [0.29, 0.717) is 6.61 Å². The lowest BCUT2D eigenvalue weighted by molar-refractivity contribution is -0.115. The molecule has 1 heterocycles. The molecular weight excluding hydrogens is 331 g/mol. The Morgan fingerprint density at radius 3 is 2.96 bits per heavy atom. The van der Waals surface area contributed by atoms with Gasteiger partial charge in [0, 0.05) is 29.4 Å². The quantitative estimate of drug-likeness (QED) is 0.661. The zero-order valence-corrected chi connectivity index (χ0v) is 14.4. The number of hydrogen-bond donors (Lipinski definition) is 2. The molecule has 4 rings (SSSR count). The molecule has 26 heavy (non-hydrogen) atoms. The molecule has 1 aliphatic rings. The molecule has 1 aliphatic carbocycles. The monoisotopic (exact) mass is 352 g/mol. The maximum atomic E-state index is 13.5. The van der Waals surface area contributed by atoms with Gasteiger partial charge in [-0.3, -0.25) is 4.79 Å². The van der Waals surface area contributed by atoms with Crippen LogP contribution in [0.5, 0.6) is 0 Å². The Labute approximate surface area is 151 Å². The number of aromatic amines is 1. The van der Waals surface area contributed by atoms with Gasteiger partial charge in [-0.2, -0.15) is 0 Å². The first-order chi connectivity index (χ1) is 12.7. The largest absolute Gasteiger partial charge is 0.376 e. The number of amides is 1. The van der Waals surface area contributed by atoms with Gasteiger partial charge in [0.15, 0.2) is 0 Å². The van der Waals surface area contributed by atoms with Crippen LogP contribution < -0.4 is 5.32 Å². The number of carbonyl (C=O) groups is 1. The SMILES string of the molecule is O=C(Cc1c[nH]c2ccc(F)cc12)Nc1cccc(COCC2CC2)c1. The minimum atomic E-state index is -0.308. The summed E-state index contributed by atoms with van der Waals surface area (Å²) in [4.78, 5) is 15.4. The zero-order valence-electron chi connectivity index (χ0n) is 14.4. The number of nitrogens with one attached hydrogen (secondary N) is 2. The van der Waals surface area contributed by atoms with Crippen LogP contribution in [0.2, 0.25) is 0 Å². The van der Waals surface area contributed by atoms with Gasteiger partial charge in [0.25, 0.3) is 0 Å². The smallest absolute Gasteiger partial charge is 0.228 e. The lowest BCUT2D eigenvalue weighted by Crippen LogP contribution is -2.14. The fourth-order valence-corrected chi connectivity index (χ4v) is 3.04. The summed E-state index contributed by atoms with van der Waals surface area (Å²) >= 11 is 0. The summed E-state index contributed by atoms with van der Waals surface area (Å²) in [6, 6.07) is 12.2. The van der Waals surface area contributed by atoms with Crippen molar-refractivity contribution in [2.45, 2.75) is 25.9 Å². The molecule has 1 aromatic heterocycles. The molecule has 0 aliphatic heterocycles. The minimum Gasteiger partial charge on any atom is -0.376 e. The molecule has 0 bridgehead atoms. The van der Waals surface area contributed by atoms with Gasteiger partial charge in [-0.15, -0.1) is 0 Å². The van der Waals surface area contributed by atoms with Crippen molar-refractivity contribution in [3.05, 3.63) is 65.6 Å². The molecule has 0 atom stereocenters. The van der Waals surface area contributed by atoms with E-state index in [2.05, 4.69) is 10.3 Å². The summed E-state index contributed by atoms with van der Waals surface area (Å²) in [7, 11) is 0. The van der Waals surface area contributed by atoms with Crippen LogP contribution in [0.3, 0.4) is 0 Å². The topological polar surface area (TPSA) is 54.1 Å². The maximum Gasteiger partial charge on any atom is 0.228 e. The number of aromatic nitrogens is 1. The molecule has 1 amide bonds. The molecule has 2 N–H and O–H groups in total. The minimum absolute atomic E-state index is 0.133. The Kier molecular flexibility index (Phi) is 4.71. The van der Waals surface area contributed by atoms with Crippen LogP contribution in [0, 0.1) is 11.7 Å². The molecule has 4 nitrogen and oxygen atoms in total. The first kappa shape index (κ1) is 16.8. The van der Waals surface area contributed by atoms with E-state index >= 15 is 0 Å². The highest BCUT2D eigenvalue weighted by Crippen LogP contribution is 2.29. The van der Waals surface area contributed by atoms with Gasteiger partial charge in [0.05, 0.1) is 13.0 Å². The van der Waals surface area contributed by atoms with E-state index in [9.17, 15) is 9.18 Å². The summed E-state index contributed by atoms with van der Waals surface area (Å²) in [5.41, 5.74) is 3.39. The summed E-state index contributed by atoms with van der Waals surface area (Å²) in [5.74, 6) is 0.294. The maximum absolute atomic E-state index is 13.5. The van der Waals surface area contributed by atoms with Crippen molar-refractivity contribution < 1.29 is 13.9 Å². The molecular formula is C21H21FN2O2. The van der Waals surface area contributed by atoms with Crippen LogP contribution in [0.4, 0.5) is 10.1 Å². The van der Waals surface area contributed by atoms with Gasteiger partial charge in [-0.25, -0.2) is 4.39 Å². The van der Waals surface area contributed by atoms with Crippen LogP contribution in [0.1, 0.15) is 24.0 Å². The molecule has 0 radical (unpaired) electrons. The zero-order chi connectivity index (χ0) is 17.9. The Morgan fingerprint density at radius 1 is 1.23 bits per heavy atom. The Bertz CT molecular complexity index is 931. The fraction of sp³-hybridized carbons (Fsp3) is 0.286. The predicted octanol–water partition coefficient (Wildman–Crippen LogP) is 4.41. The van der Waals surface area contributed by atoms with Crippen molar-refractivity contribution in [1.29, 1.82) is 0 Å². The Morgan fingerprint density at radius 2 is 2.12 bits per heavy atom. The number of hydrogen-bond acceptors (Lipinski definition) is 2. The van der Waals surface area contributed by atoms with E-state index in [1.807, 2.05) is 24.3 Å². The van der Waals surface area contributed by atoms with Gasteiger partial charge in [0.1, 0.15) is 5.82 Å². The van der Waals surface area contributed by atoms with Gasteiger partial charge in [0.2, 0.25) is 5.91 Å². The van der Waals surface area contributed by atoms with Crippen molar-refractivity contribution in [1.82, 2.24) is 4.98 Å². The second-order valence-corrected chi connectivity index (χ2v) is 6.89. The molecule has 0 spiro atoms.